The molecule has 3 N–H and O–H groups in total. The lowest BCUT2D eigenvalue weighted by Gasteiger charge is -2.06. The topological polar surface area (TPSA) is 72.9 Å². The van der Waals surface area contributed by atoms with Gasteiger partial charge in [-0.1, -0.05) is 26.2 Å². The van der Waals surface area contributed by atoms with E-state index in [0.29, 0.717) is 17.9 Å². The molecule has 96 valence electrons. The van der Waals surface area contributed by atoms with Gasteiger partial charge in [0.2, 0.25) is 5.91 Å². The van der Waals surface area contributed by atoms with Crippen molar-refractivity contribution in [2.24, 2.45) is 7.05 Å². The van der Waals surface area contributed by atoms with Gasteiger partial charge < -0.3 is 11.1 Å². The number of nitrogens with two attached hydrogens (primary N) is 1. The number of anilines is 2. The Morgan fingerprint density at radius 1 is 1.41 bits per heavy atom. The smallest absolute Gasteiger partial charge is 0.225 e. The van der Waals surface area contributed by atoms with E-state index >= 15 is 0 Å². The van der Waals surface area contributed by atoms with E-state index in [1.54, 1.807) is 11.7 Å². The number of nitrogens with zero attached hydrogens (tertiary/aromatic N) is 2. The molecule has 1 aromatic heterocycles. The summed E-state index contributed by atoms with van der Waals surface area (Å²) in [4.78, 5) is 11.7. The number of hydrogen-bond donors (Lipinski definition) is 2. The normalized spacial score (nSPS) is 10.5. The Balaban J connectivity index is 2.45. The first kappa shape index (κ1) is 13.5. The number of carbonyl (C=O) groups excluding carboxylic acids is 1. The summed E-state index contributed by atoms with van der Waals surface area (Å²) in [5, 5.41) is 6.96. The summed E-state index contributed by atoms with van der Waals surface area (Å²) < 4.78 is 1.61. The second-order valence-corrected chi connectivity index (χ2v) is 4.33. The van der Waals surface area contributed by atoms with Gasteiger partial charge in [0.25, 0.3) is 0 Å². The Morgan fingerprint density at radius 2 is 2.12 bits per heavy atom. The highest BCUT2D eigenvalue weighted by Crippen LogP contribution is 2.21. The molecule has 0 spiro atoms. The van der Waals surface area contributed by atoms with Crippen molar-refractivity contribution in [3.05, 3.63) is 5.69 Å². The molecule has 0 aromatic carbocycles. The van der Waals surface area contributed by atoms with Gasteiger partial charge in [-0.05, 0) is 13.3 Å². The molecule has 5 heteroatoms. The van der Waals surface area contributed by atoms with Crippen LogP contribution in [0.5, 0.6) is 0 Å². The molecule has 1 amide bonds. The summed E-state index contributed by atoms with van der Waals surface area (Å²) in [6.45, 7) is 3.98. The van der Waals surface area contributed by atoms with Crippen molar-refractivity contribution in [3.8, 4) is 0 Å². The molecule has 0 saturated carbocycles. The SMILES string of the molecule is CCCCCCC(=O)Nc1c(N)c(C)nn1C. The molecule has 1 rings (SSSR count). The Kier molecular flexibility index (Phi) is 5.00. The Morgan fingerprint density at radius 3 is 2.65 bits per heavy atom. The molecule has 0 aliphatic rings. The zero-order valence-corrected chi connectivity index (χ0v) is 10.9. The van der Waals surface area contributed by atoms with E-state index in [-0.39, 0.29) is 5.91 Å². The summed E-state index contributed by atoms with van der Waals surface area (Å²) in [5.41, 5.74) is 7.12. The third kappa shape index (κ3) is 3.76. The fourth-order valence-corrected chi connectivity index (χ4v) is 1.73. The summed E-state index contributed by atoms with van der Waals surface area (Å²) in [5.74, 6) is 0.610. The van der Waals surface area contributed by atoms with Crippen molar-refractivity contribution >= 4 is 17.4 Å². The molecule has 0 aliphatic carbocycles. The average molecular weight is 238 g/mol. The van der Waals surface area contributed by atoms with E-state index in [0.717, 1.165) is 18.5 Å². The van der Waals surface area contributed by atoms with Gasteiger partial charge >= 0.3 is 0 Å². The van der Waals surface area contributed by atoms with Gasteiger partial charge in [0.1, 0.15) is 0 Å². The van der Waals surface area contributed by atoms with Crippen molar-refractivity contribution in [2.75, 3.05) is 11.1 Å². The van der Waals surface area contributed by atoms with Crippen molar-refractivity contribution in [1.29, 1.82) is 0 Å². The van der Waals surface area contributed by atoms with Crippen LogP contribution < -0.4 is 11.1 Å². The maximum Gasteiger partial charge on any atom is 0.225 e. The second-order valence-electron chi connectivity index (χ2n) is 4.33. The predicted molar refractivity (Wildman–Crippen MR) is 69.7 cm³/mol. The molecule has 1 heterocycles. The highest BCUT2D eigenvalue weighted by Gasteiger charge is 2.12. The molecule has 0 aliphatic heterocycles. The van der Waals surface area contributed by atoms with E-state index in [4.69, 9.17) is 5.73 Å². The van der Waals surface area contributed by atoms with Crippen LogP contribution in [0, 0.1) is 6.92 Å². The zero-order chi connectivity index (χ0) is 12.8. The van der Waals surface area contributed by atoms with E-state index in [2.05, 4.69) is 17.3 Å². The number of carbonyl (C=O) groups is 1. The molecule has 0 radical (unpaired) electrons. The number of amides is 1. The van der Waals surface area contributed by atoms with Gasteiger partial charge in [-0.2, -0.15) is 5.10 Å². The minimum Gasteiger partial charge on any atom is -0.394 e. The largest absolute Gasteiger partial charge is 0.394 e. The molecular weight excluding hydrogens is 216 g/mol. The first-order valence-corrected chi connectivity index (χ1v) is 6.15. The Labute approximate surface area is 102 Å². The van der Waals surface area contributed by atoms with Gasteiger partial charge in [-0.15, -0.1) is 0 Å². The minimum atomic E-state index is 0.0100. The maximum atomic E-state index is 11.7. The van der Waals surface area contributed by atoms with E-state index < -0.39 is 0 Å². The molecule has 0 bridgehead atoms. The average Bonchev–Trinajstić information content (AvgIpc) is 2.52. The number of nitrogen functional groups attached to an aromatic ring is 1. The highest BCUT2D eigenvalue weighted by molar-refractivity contribution is 5.92. The third-order valence-corrected chi connectivity index (χ3v) is 2.78. The second kappa shape index (κ2) is 6.27. The molecular formula is C12H22N4O. The van der Waals surface area contributed by atoms with Crippen LogP contribution >= 0.6 is 0 Å². The number of nitrogens with one attached hydrogen (secondary N) is 1. The Hall–Kier alpha value is -1.52. The van der Waals surface area contributed by atoms with E-state index in [1.165, 1.54) is 12.8 Å². The summed E-state index contributed by atoms with van der Waals surface area (Å²) in [7, 11) is 1.77. The standard InChI is InChI=1S/C12H22N4O/c1-4-5-6-7-8-10(17)14-12-11(13)9(2)15-16(12)3/h4-8,13H2,1-3H3,(H,14,17). The van der Waals surface area contributed by atoms with Crippen molar-refractivity contribution in [3.63, 3.8) is 0 Å². The van der Waals surface area contributed by atoms with Crippen molar-refractivity contribution in [1.82, 2.24) is 9.78 Å². The van der Waals surface area contributed by atoms with Crippen LogP contribution in [0.3, 0.4) is 0 Å². The number of rotatable bonds is 6. The summed E-state index contributed by atoms with van der Waals surface area (Å²) in [6.07, 6.45) is 4.93. The van der Waals surface area contributed by atoms with Gasteiger partial charge in [0, 0.05) is 13.5 Å². The van der Waals surface area contributed by atoms with Gasteiger partial charge in [-0.3, -0.25) is 9.48 Å². The molecule has 0 saturated heterocycles. The number of aromatic nitrogens is 2. The van der Waals surface area contributed by atoms with Crippen LogP contribution in [0.1, 0.15) is 44.7 Å². The summed E-state index contributed by atoms with van der Waals surface area (Å²) >= 11 is 0. The highest BCUT2D eigenvalue weighted by atomic mass is 16.1. The fourth-order valence-electron chi connectivity index (χ4n) is 1.73. The molecule has 0 fully saturated rings. The number of unbranched alkanes of at least 4 members (excludes halogenated alkanes) is 3. The molecule has 17 heavy (non-hydrogen) atoms. The monoisotopic (exact) mass is 238 g/mol. The quantitative estimate of drug-likeness (QED) is 0.746. The maximum absolute atomic E-state index is 11.7. The lowest BCUT2D eigenvalue weighted by molar-refractivity contribution is -0.116. The molecule has 1 aromatic rings. The first-order valence-electron chi connectivity index (χ1n) is 6.15. The first-order chi connectivity index (χ1) is 8.06. The van der Waals surface area contributed by atoms with Gasteiger partial charge in [0.05, 0.1) is 11.4 Å². The molecule has 0 unspecified atom stereocenters. The van der Waals surface area contributed by atoms with E-state index in [9.17, 15) is 4.79 Å². The number of aryl methyl sites for hydroxylation is 2. The van der Waals surface area contributed by atoms with Gasteiger partial charge in [-0.25, -0.2) is 0 Å². The van der Waals surface area contributed by atoms with Crippen molar-refractivity contribution < 1.29 is 4.79 Å². The number of hydrogen-bond acceptors (Lipinski definition) is 3. The summed E-state index contributed by atoms with van der Waals surface area (Å²) in [6, 6.07) is 0. The predicted octanol–water partition coefficient (Wildman–Crippen LogP) is 2.22. The van der Waals surface area contributed by atoms with Crippen molar-refractivity contribution in [2.45, 2.75) is 46.0 Å². The van der Waals surface area contributed by atoms with E-state index in [1.807, 2.05) is 6.92 Å². The lowest BCUT2D eigenvalue weighted by atomic mass is 10.1. The van der Waals surface area contributed by atoms with Crippen LogP contribution in [0.25, 0.3) is 0 Å². The van der Waals surface area contributed by atoms with Crippen LogP contribution in [-0.2, 0) is 11.8 Å². The Bertz CT molecular complexity index is 384. The van der Waals surface area contributed by atoms with Crippen LogP contribution in [0.15, 0.2) is 0 Å². The fraction of sp³-hybridized carbons (Fsp3) is 0.667. The molecule has 0 atom stereocenters. The third-order valence-electron chi connectivity index (χ3n) is 2.78. The zero-order valence-electron chi connectivity index (χ0n) is 10.9. The lowest BCUT2D eigenvalue weighted by Crippen LogP contribution is -2.15. The van der Waals surface area contributed by atoms with Crippen LogP contribution in [0.2, 0.25) is 0 Å². The van der Waals surface area contributed by atoms with Crippen LogP contribution in [-0.4, -0.2) is 15.7 Å². The van der Waals surface area contributed by atoms with Gasteiger partial charge in [0.15, 0.2) is 5.82 Å². The molecule has 5 nitrogen and oxygen atoms in total. The minimum absolute atomic E-state index is 0.0100. The van der Waals surface area contributed by atoms with Crippen LogP contribution in [0.4, 0.5) is 11.5 Å².